The molecule has 1 aliphatic heterocycles. The summed E-state index contributed by atoms with van der Waals surface area (Å²) in [5.74, 6) is 0.761. The molecular formula is C15H19BrClNO3S. The van der Waals surface area contributed by atoms with Crippen molar-refractivity contribution < 1.29 is 13.6 Å². The lowest BCUT2D eigenvalue weighted by atomic mass is 9.94. The minimum absolute atomic E-state index is 0.0732. The van der Waals surface area contributed by atoms with Crippen molar-refractivity contribution >= 4 is 44.3 Å². The minimum Gasteiger partial charge on any atom is -0.392 e. The smallest absolute Gasteiger partial charge is 0.157 e. The molecule has 0 fully saturated rings. The van der Waals surface area contributed by atoms with Crippen molar-refractivity contribution in [2.24, 2.45) is 5.16 Å². The molecule has 1 aliphatic rings. The Hall–Kier alpha value is -0.430. The number of alkyl halides is 1. The van der Waals surface area contributed by atoms with E-state index in [0.29, 0.717) is 5.88 Å². The van der Waals surface area contributed by atoms with E-state index >= 15 is 0 Å². The van der Waals surface area contributed by atoms with Gasteiger partial charge in [0.2, 0.25) is 0 Å². The van der Waals surface area contributed by atoms with E-state index in [0.717, 1.165) is 52.6 Å². The zero-order valence-electron chi connectivity index (χ0n) is 12.3. The summed E-state index contributed by atoms with van der Waals surface area (Å²) in [6, 6.07) is 3.76. The molecule has 0 bridgehead atoms. The van der Waals surface area contributed by atoms with Crippen LogP contribution in [-0.2, 0) is 21.7 Å². The molecule has 0 spiro atoms. The number of benzene rings is 1. The Bertz CT molecular complexity index is 594. The Morgan fingerprint density at radius 1 is 1.50 bits per heavy atom. The van der Waals surface area contributed by atoms with Crippen LogP contribution in [0.5, 0.6) is 0 Å². The van der Waals surface area contributed by atoms with Crippen LogP contribution in [0.25, 0.3) is 0 Å². The summed E-state index contributed by atoms with van der Waals surface area (Å²) in [6.45, 7) is 1.98. The van der Waals surface area contributed by atoms with Crippen LogP contribution < -0.4 is 0 Å². The fourth-order valence-corrected chi connectivity index (χ4v) is 3.62. The quantitative estimate of drug-likeness (QED) is 0.414. The standard InChI is InChI=1S/C15H19BrClNO3S/c1-10-13(16)6-5-11(9-22(19)20)15(10)14-8-12(21-18-14)4-2-3-7-17/h5-6,12H,2-4,7-9H2,1H3,(H,19,20). The van der Waals surface area contributed by atoms with Crippen molar-refractivity contribution in [3.05, 3.63) is 33.3 Å². The van der Waals surface area contributed by atoms with Gasteiger partial charge in [0.25, 0.3) is 0 Å². The molecule has 2 atom stereocenters. The summed E-state index contributed by atoms with van der Waals surface area (Å²) in [4.78, 5) is 5.51. The summed E-state index contributed by atoms with van der Waals surface area (Å²) >= 11 is 7.32. The highest BCUT2D eigenvalue weighted by atomic mass is 79.9. The van der Waals surface area contributed by atoms with E-state index in [-0.39, 0.29) is 11.9 Å². The Kier molecular flexibility index (Phi) is 6.87. The molecular weight excluding hydrogens is 390 g/mol. The third-order valence-corrected chi connectivity index (χ3v) is 5.38. The van der Waals surface area contributed by atoms with E-state index in [9.17, 15) is 8.76 Å². The molecule has 0 aliphatic carbocycles. The predicted molar refractivity (Wildman–Crippen MR) is 94.0 cm³/mol. The van der Waals surface area contributed by atoms with E-state index in [1.165, 1.54) is 0 Å². The molecule has 1 aromatic carbocycles. The monoisotopic (exact) mass is 407 g/mol. The van der Waals surface area contributed by atoms with Crippen molar-refractivity contribution in [1.82, 2.24) is 0 Å². The molecule has 22 heavy (non-hydrogen) atoms. The molecule has 1 heterocycles. The van der Waals surface area contributed by atoms with Gasteiger partial charge >= 0.3 is 0 Å². The third kappa shape index (κ3) is 4.54. The Balaban J connectivity index is 2.18. The molecule has 122 valence electrons. The molecule has 1 aromatic rings. The number of nitrogens with zero attached hydrogens (tertiary/aromatic N) is 1. The number of halogens is 2. The first-order valence-corrected chi connectivity index (χ1v) is 9.77. The normalized spacial score (nSPS) is 18.9. The molecule has 0 radical (unpaired) electrons. The van der Waals surface area contributed by atoms with Gasteiger partial charge < -0.3 is 9.39 Å². The maximum Gasteiger partial charge on any atom is 0.157 e. The van der Waals surface area contributed by atoms with Gasteiger partial charge in [-0.3, -0.25) is 0 Å². The van der Waals surface area contributed by atoms with E-state index in [2.05, 4.69) is 21.1 Å². The maximum atomic E-state index is 11.2. The summed E-state index contributed by atoms with van der Waals surface area (Å²) in [6.07, 6.45) is 3.71. The molecule has 0 amide bonds. The van der Waals surface area contributed by atoms with E-state index in [1.54, 1.807) is 0 Å². The highest BCUT2D eigenvalue weighted by molar-refractivity contribution is 9.10. The van der Waals surface area contributed by atoms with E-state index in [1.807, 2.05) is 19.1 Å². The number of hydrogen-bond donors (Lipinski definition) is 1. The van der Waals surface area contributed by atoms with Crippen LogP contribution in [0.4, 0.5) is 0 Å². The first-order chi connectivity index (χ1) is 10.5. The largest absolute Gasteiger partial charge is 0.392 e. The van der Waals surface area contributed by atoms with Gasteiger partial charge in [0, 0.05) is 22.3 Å². The van der Waals surface area contributed by atoms with Gasteiger partial charge in [-0.05, 0) is 43.4 Å². The Morgan fingerprint density at radius 3 is 2.95 bits per heavy atom. The predicted octanol–water partition coefficient (Wildman–Crippen LogP) is 4.38. The second-order valence-corrected chi connectivity index (χ2v) is 7.49. The van der Waals surface area contributed by atoms with E-state index < -0.39 is 11.1 Å². The number of oxime groups is 1. The fraction of sp³-hybridized carbons (Fsp3) is 0.533. The first-order valence-electron chi connectivity index (χ1n) is 7.17. The SMILES string of the molecule is Cc1c(Br)ccc(CS(=O)O)c1C1=NOC(CCCCCl)C1. The molecule has 1 N–H and O–H groups in total. The van der Waals surface area contributed by atoms with Crippen molar-refractivity contribution in [3.8, 4) is 0 Å². The van der Waals surface area contributed by atoms with Crippen LogP contribution in [0.15, 0.2) is 21.8 Å². The van der Waals surface area contributed by atoms with Crippen molar-refractivity contribution in [1.29, 1.82) is 0 Å². The first kappa shape index (κ1) is 17.9. The van der Waals surface area contributed by atoms with Crippen LogP contribution in [-0.4, -0.2) is 26.5 Å². The van der Waals surface area contributed by atoms with Crippen molar-refractivity contribution in [3.63, 3.8) is 0 Å². The topological polar surface area (TPSA) is 58.9 Å². The number of unbranched alkanes of at least 4 members (excludes halogenated alkanes) is 1. The second kappa shape index (κ2) is 8.43. The van der Waals surface area contributed by atoms with Gasteiger partial charge in [0.1, 0.15) is 6.10 Å². The highest BCUT2D eigenvalue weighted by Gasteiger charge is 2.25. The summed E-state index contributed by atoms with van der Waals surface area (Å²) in [7, 11) is 0. The fourth-order valence-electron chi connectivity index (χ4n) is 2.59. The Morgan fingerprint density at radius 2 is 2.27 bits per heavy atom. The average molecular weight is 409 g/mol. The van der Waals surface area contributed by atoms with Crippen molar-refractivity contribution in [2.75, 3.05) is 5.88 Å². The highest BCUT2D eigenvalue weighted by Crippen LogP contribution is 2.29. The molecule has 2 rings (SSSR count). The molecule has 7 heteroatoms. The molecule has 0 saturated carbocycles. The van der Waals surface area contributed by atoms with Gasteiger partial charge in [0.15, 0.2) is 11.1 Å². The van der Waals surface area contributed by atoms with E-state index in [4.69, 9.17) is 16.4 Å². The van der Waals surface area contributed by atoms with Gasteiger partial charge in [-0.1, -0.05) is 27.2 Å². The molecule has 0 aromatic heterocycles. The summed E-state index contributed by atoms with van der Waals surface area (Å²) in [5, 5.41) is 4.22. The minimum atomic E-state index is -1.88. The van der Waals surface area contributed by atoms with Gasteiger partial charge in [-0.25, -0.2) is 4.21 Å². The lowest BCUT2D eigenvalue weighted by molar-refractivity contribution is 0.0775. The summed E-state index contributed by atoms with van der Waals surface area (Å²) in [5.41, 5.74) is 3.63. The summed E-state index contributed by atoms with van der Waals surface area (Å²) < 4.78 is 21.4. The van der Waals surface area contributed by atoms with Gasteiger partial charge in [-0.15, -0.1) is 11.6 Å². The lowest BCUT2D eigenvalue weighted by Gasteiger charge is -2.13. The maximum absolute atomic E-state index is 11.2. The number of rotatable bonds is 7. The number of hydrogen-bond acceptors (Lipinski definition) is 3. The zero-order chi connectivity index (χ0) is 16.1. The van der Waals surface area contributed by atoms with Crippen molar-refractivity contribution in [2.45, 2.75) is 44.5 Å². The zero-order valence-corrected chi connectivity index (χ0v) is 15.5. The van der Waals surface area contributed by atoms with Crippen LogP contribution in [0.2, 0.25) is 0 Å². The molecule has 0 saturated heterocycles. The Labute approximate surface area is 146 Å². The average Bonchev–Trinajstić information content (AvgIpc) is 2.91. The second-order valence-electron chi connectivity index (χ2n) is 5.33. The van der Waals surface area contributed by atoms with Gasteiger partial charge in [-0.2, -0.15) is 0 Å². The lowest BCUT2D eigenvalue weighted by Crippen LogP contribution is -2.12. The van der Waals surface area contributed by atoms with Crippen LogP contribution in [0, 0.1) is 6.92 Å². The van der Waals surface area contributed by atoms with Crippen LogP contribution >= 0.6 is 27.5 Å². The molecule has 2 unspecified atom stereocenters. The molecule has 4 nitrogen and oxygen atoms in total. The third-order valence-electron chi connectivity index (χ3n) is 3.70. The van der Waals surface area contributed by atoms with Crippen LogP contribution in [0.1, 0.15) is 42.4 Å². The van der Waals surface area contributed by atoms with Crippen LogP contribution in [0.3, 0.4) is 0 Å². The van der Waals surface area contributed by atoms with Gasteiger partial charge in [0.05, 0.1) is 11.5 Å².